The molecular formula is C22H23ClN4O. The van der Waals surface area contributed by atoms with Crippen molar-refractivity contribution >= 4 is 29.0 Å². The lowest BCUT2D eigenvalue weighted by molar-refractivity contribution is 0.102. The molecule has 0 aliphatic carbocycles. The summed E-state index contributed by atoms with van der Waals surface area (Å²) in [6, 6.07) is 11.3. The zero-order chi connectivity index (χ0) is 20.1. The second-order valence-electron chi connectivity index (χ2n) is 6.82. The van der Waals surface area contributed by atoms with Gasteiger partial charge in [0.05, 0.1) is 10.7 Å². The number of benzene rings is 1. The smallest absolute Gasteiger partial charge is 0.255 e. The molecule has 0 aliphatic rings. The third kappa shape index (κ3) is 4.87. The monoisotopic (exact) mass is 394 g/mol. The van der Waals surface area contributed by atoms with Gasteiger partial charge in [0.15, 0.2) is 0 Å². The highest BCUT2D eigenvalue weighted by molar-refractivity contribution is 6.34. The van der Waals surface area contributed by atoms with Crippen LogP contribution in [-0.4, -0.2) is 29.5 Å². The van der Waals surface area contributed by atoms with Crippen molar-refractivity contribution in [2.24, 2.45) is 0 Å². The molecule has 3 aromatic rings. The van der Waals surface area contributed by atoms with E-state index in [-0.39, 0.29) is 5.91 Å². The summed E-state index contributed by atoms with van der Waals surface area (Å²) in [5, 5.41) is 3.46. The molecular weight excluding hydrogens is 372 g/mol. The Labute approximate surface area is 170 Å². The van der Waals surface area contributed by atoms with Gasteiger partial charge in [-0.2, -0.15) is 0 Å². The van der Waals surface area contributed by atoms with Crippen molar-refractivity contribution in [3.05, 3.63) is 82.3 Å². The van der Waals surface area contributed by atoms with Gasteiger partial charge < -0.3 is 10.2 Å². The van der Waals surface area contributed by atoms with Crippen molar-refractivity contribution in [2.45, 2.75) is 20.3 Å². The molecule has 0 spiro atoms. The number of rotatable bonds is 6. The first kappa shape index (κ1) is 19.8. The number of nitrogens with one attached hydrogen (secondary N) is 1. The zero-order valence-corrected chi connectivity index (χ0v) is 17.0. The van der Waals surface area contributed by atoms with Crippen LogP contribution < -0.4 is 10.2 Å². The normalized spacial score (nSPS) is 10.6. The van der Waals surface area contributed by atoms with Crippen LogP contribution in [0.1, 0.15) is 27.0 Å². The van der Waals surface area contributed by atoms with Crippen molar-refractivity contribution in [1.82, 2.24) is 9.97 Å². The lowest BCUT2D eigenvalue weighted by Crippen LogP contribution is -2.22. The first-order chi connectivity index (χ1) is 13.4. The van der Waals surface area contributed by atoms with Crippen molar-refractivity contribution in [1.29, 1.82) is 0 Å². The number of carbonyl (C=O) groups is 1. The lowest BCUT2D eigenvalue weighted by Gasteiger charge is -2.19. The molecule has 0 atom stereocenters. The van der Waals surface area contributed by atoms with Crippen LogP contribution in [0.4, 0.5) is 11.5 Å². The van der Waals surface area contributed by atoms with Crippen molar-refractivity contribution < 1.29 is 4.79 Å². The van der Waals surface area contributed by atoms with E-state index in [0.29, 0.717) is 16.3 Å². The largest absolute Gasteiger partial charge is 0.359 e. The van der Waals surface area contributed by atoms with Crippen LogP contribution in [0.25, 0.3) is 0 Å². The Morgan fingerprint density at radius 2 is 1.86 bits per heavy atom. The van der Waals surface area contributed by atoms with E-state index in [2.05, 4.69) is 15.3 Å². The van der Waals surface area contributed by atoms with Gasteiger partial charge in [0, 0.05) is 37.7 Å². The second kappa shape index (κ2) is 8.85. The molecule has 144 valence electrons. The topological polar surface area (TPSA) is 58.1 Å². The highest BCUT2D eigenvalue weighted by atomic mass is 35.5. The number of carbonyl (C=O) groups excluding carboxylic acids is 1. The number of hydrogen-bond donors (Lipinski definition) is 1. The molecule has 3 rings (SSSR count). The summed E-state index contributed by atoms with van der Waals surface area (Å²) in [7, 11) is 1.96. The minimum atomic E-state index is -0.208. The third-order valence-corrected chi connectivity index (χ3v) is 4.85. The Hall–Kier alpha value is -2.92. The molecule has 1 N–H and O–H groups in total. The molecule has 0 saturated carbocycles. The molecule has 6 heteroatoms. The van der Waals surface area contributed by atoms with E-state index in [9.17, 15) is 4.79 Å². The van der Waals surface area contributed by atoms with Crippen LogP contribution >= 0.6 is 11.6 Å². The number of hydrogen-bond acceptors (Lipinski definition) is 4. The number of likely N-dealkylation sites (N-methyl/N-ethyl adjacent to an activating group) is 1. The van der Waals surface area contributed by atoms with Gasteiger partial charge >= 0.3 is 0 Å². The van der Waals surface area contributed by atoms with E-state index in [4.69, 9.17) is 11.6 Å². The number of halogens is 1. The molecule has 0 saturated heterocycles. The Bertz CT molecular complexity index is 952. The fourth-order valence-corrected chi connectivity index (χ4v) is 3.36. The second-order valence-corrected chi connectivity index (χ2v) is 7.23. The van der Waals surface area contributed by atoms with Gasteiger partial charge in [-0.05, 0) is 67.3 Å². The zero-order valence-electron chi connectivity index (χ0n) is 16.2. The molecule has 5 nitrogen and oxygen atoms in total. The summed E-state index contributed by atoms with van der Waals surface area (Å²) in [5.74, 6) is 0.536. The molecule has 0 fully saturated rings. The lowest BCUT2D eigenvalue weighted by atomic mass is 10.1. The highest BCUT2D eigenvalue weighted by Gasteiger charge is 2.13. The van der Waals surface area contributed by atoms with E-state index >= 15 is 0 Å². The first-order valence-electron chi connectivity index (χ1n) is 9.08. The Morgan fingerprint density at radius 1 is 1.11 bits per heavy atom. The predicted octanol–water partition coefficient (Wildman–Crippen LogP) is 4.68. The van der Waals surface area contributed by atoms with Crippen LogP contribution in [0.3, 0.4) is 0 Å². The fraction of sp³-hybridized carbons (Fsp3) is 0.227. The minimum absolute atomic E-state index is 0.208. The van der Waals surface area contributed by atoms with Crippen LogP contribution in [0.2, 0.25) is 5.02 Å². The van der Waals surface area contributed by atoms with E-state index in [0.717, 1.165) is 29.9 Å². The summed E-state index contributed by atoms with van der Waals surface area (Å²) in [6.07, 6.45) is 6.10. The van der Waals surface area contributed by atoms with Crippen LogP contribution in [0, 0.1) is 13.8 Å². The Balaban J connectivity index is 1.71. The van der Waals surface area contributed by atoms with Gasteiger partial charge in [-0.1, -0.05) is 17.7 Å². The summed E-state index contributed by atoms with van der Waals surface area (Å²) in [4.78, 5) is 23.2. The Kier molecular flexibility index (Phi) is 6.26. The maximum atomic E-state index is 12.7. The molecule has 0 radical (unpaired) electrons. The van der Waals surface area contributed by atoms with E-state index in [1.54, 1.807) is 30.7 Å². The SMILES string of the molecule is Cc1cc(C)c(NC(=O)c2ccnc(N(C)CCc3ccncc3)c2)c(Cl)c1. The maximum Gasteiger partial charge on any atom is 0.255 e. The molecule has 28 heavy (non-hydrogen) atoms. The molecule has 1 aromatic carbocycles. The van der Waals surface area contributed by atoms with Gasteiger partial charge in [-0.3, -0.25) is 9.78 Å². The fourth-order valence-electron chi connectivity index (χ4n) is 2.99. The number of amides is 1. The standard InChI is InChI=1S/C22H23ClN4O/c1-15-12-16(2)21(19(23)13-15)26-22(28)18-6-10-25-20(14-18)27(3)11-7-17-4-8-24-9-5-17/h4-6,8-10,12-14H,7,11H2,1-3H3,(H,26,28). The van der Waals surface area contributed by atoms with E-state index < -0.39 is 0 Å². The average molecular weight is 395 g/mol. The molecule has 0 unspecified atom stereocenters. The Morgan fingerprint density at radius 3 is 2.57 bits per heavy atom. The number of aryl methyl sites for hydroxylation is 2. The van der Waals surface area contributed by atoms with Crippen molar-refractivity contribution in [3.63, 3.8) is 0 Å². The molecule has 0 aliphatic heterocycles. The highest BCUT2D eigenvalue weighted by Crippen LogP contribution is 2.28. The summed E-state index contributed by atoms with van der Waals surface area (Å²) < 4.78 is 0. The van der Waals surface area contributed by atoms with Gasteiger partial charge in [0.25, 0.3) is 5.91 Å². The number of anilines is 2. The average Bonchev–Trinajstić information content (AvgIpc) is 2.69. The number of pyridine rings is 2. The van der Waals surface area contributed by atoms with Gasteiger partial charge in [0.1, 0.15) is 5.82 Å². The molecule has 1 amide bonds. The number of aromatic nitrogens is 2. The van der Waals surface area contributed by atoms with E-state index in [1.165, 1.54) is 5.56 Å². The van der Waals surface area contributed by atoms with Crippen LogP contribution in [-0.2, 0) is 6.42 Å². The van der Waals surface area contributed by atoms with Crippen LogP contribution in [0.15, 0.2) is 55.0 Å². The summed E-state index contributed by atoms with van der Waals surface area (Å²) >= 11 is 6.31. The van der Waals surface area contributed by atoms with Gasteiger partial charge in [-0.25, -0.2) is 4.98 Å². The maximum absolute atomic E-state index is 12.7. The summed E-state index contributed by atoms with van der Waals surface area (Å²) in [5.41, 5.74) is 4.38. The number of nitrogens with zero attached hydrogens (tertiary/aromatic N) is 3. The van der Waals surface area contributed by atoms with Gasteiger partial charge in [0.2, 0.25) is 0 Å². The van der Waals surface area contributed by atoms with Crippen molar-refractivity contribution in [2.75, 3.05) is 23.8 Å². The predicted molar refractivity (Wildman–Crippen MR) is 114 cm³/mol. The summed E-state index contributed by atoms with van der Waals surface area (Å²) in [6.45, 7) is 4.69. The quantitative estimate of drug-likeness (QED) is 0.659. The minimum Gasteiger partial charge on any atom is -0.359 e. The molecule has 0 bridgehead atoms. The van der Waals surface area contributed by atoms with Crippen LogP contribution in [0.5, 0.6) is 0 Å². The first-order valence-corrected chi connectivity index (χ1v) is 9.46. The molecule has 2 aromatic heterocycles. The third-order valence-electron chi connectivity index (χ3n) is 4.55. The van der Waals surface area contributed by atoms with Gasteiger partial charge in [-0.15, -0.1) is 0 Å². The van der Waals surface area contributed by atoms with E-state index in [1.807, 2.05) is 50.1 Å². The van der Waals surface area contributed by atoms with Crippen molar-refractivity contribution in [3.8, 4) is 0 Å². The molecule has 2 heterocycles.